The highest BCUT2D eigenvalue weighted by molar-refractivity contribution is 5.27. The molecule has 3 saturated carbocycles. The molecule has 10 fully saturated rings. The molecule has 7 aliphatic heterocycles. The second-order valence-corrected chi connectivity index (χ2v) is 29.7. The van der Waals surface area contributed by atoms with Gasteiger partial charge >= 0.3 is 0 Å². The zero-order chi connectivity index (χ0) is 70.2. The van der Waals surface area contributed by atoms with Gasteiger partial charge in [0.15, 0.2) is 43.5 Å². The van der Waals surface area contributed by atoms with Crippen LogP contribution in [0.4, 0.5) is 0 Å². The van der Waals surface area contributed by atoms with E-state index in [1.54, 1.807) is 7.11 Å². The standard InChI is InChI=1S/C64H106O33/c1-23(21-85-56-47(78)44(75)39(70)32(17-65)89-56)9-14-64(84-6)24(2)37-31(97-64)16-30-28-8-7-26-15-27(10-12-62(26,4)29(28)11-13-63(30,37)5)88-61-55(96-58-49(80)43(74)38(69)25(3)87-58)51(82)53(35(20-68)92-61)94-60-52(83)54(42(73)34(19-67)91-60)95-59-50(81)46(77)41(72)36(93-59)22-86-57-48(79)45(76)40(71)33(18-66)90-57/h7,23-25,27-61,65-83H,8-22H2,1-6H3/t23-,24+,25+,27+,28-,29+,30+,31+,32-,33-,34-,35-,36-,37?,38+,39-,40-,41-,42-,43-,44+,45+,46+,47-,48-,49-,50-,51+,52-,53-,54+,55-,56-,57-,58+,59+,60+,61-,62+,63+,64-/m1/s1. The predicted molar refractivity (Wildman–Crippen MR) is 320 cm³/mol. The minimum Gasteiger partial charge on any atom is -0.394 e. The predicted octanol–water partition coefficient (Wildman–Crippen LogP) is -6.70. The van der Waals surface area contributed by atoms with Crippen LogP contribution in [0.15, 0.2) is 11.6 Å². The molecule has 0 aromatic rings. The lowest BCUT2D eigenvalue weighted by Gasteiger charge is -2.58. The number of hydrogen-bond acceptors (Lipinski definition) is 33. The summed E-state index contributed by atoms with van der Waals surface area (Å²) in [6.07, 6.45) is -43.1. The molecule has 0 spiro atoms. The van der Waals surface area contributed by atoms with E-state index in [4.69, 9.17) is 66.3 Å². The molecule has 0 aromatic carbocycles. The smallest absolute Gasteiger partial charge is 0.187 e. The molecule has 97 heavy (non-hydrogen) atoms. The molecule has 11 rings (SSSR count). The molecule has 11 aliphatic rings. The van der Waals surface area contributed by atoms with E-state index in [2.05, 4.69) is 26.8 Å². The van der Waals surface area contributed by atoms with Crippen LogP contribution in [0.1, 0.15) is 92.4 Å². The van der Waals surface area contributed by atoms with Crippen molar-refractivity contribution < 1.29 is 163 Å². The number of hydrogen-bond donors (Lipinski definition) is 19. The quantitative estimate of drug-likeness (QED) is 0.0448. The molecule has 19 N–H and O–H groups in total. The Morgan fingerprint density at radius 3 is 1.64 bits per heavy atom. The Morgan fingerprint density at radius 1 is 0.505 bits per heavy atom. The van der Waals surface area contributed by atoms with Crippen LogP contribution in [-0.4, -0.2) is 346 Å². The molecule has 41 atom stereocenters. The van der Waals surface area contributed by atoms with E-state index >= 15 is 0 Å². The molecule has 33 heteroatoms. The Labute approximate surface area is 561 Å². The highest BCUT2D eigenvalue weighted by atomic mass is 16.8. The third-order valence-electron chi connectivity index (χ3n) is 24.0. The molecular weight excluding hydrogens is 1300 g/mol. The average molecular weight is 1400 g/mol. The first-order chi connectivity index (χ1) is 46.0. The molecule has 7 heterocycles. The fraction of sp³-hybridized carbons (Fsp3) is 0.969. The van der Waals surface area contributed by atoms with E-state index < -0.39 is 229 Å². The number of fused-ring (bicyclic) bond motifs is 7. The minimum absolute atomic E-state index is 0.0408. The average Bonchev–Trinajstić information content (AvgIpc) is 1.57. The third-order valence-corrected chi connectivity index (χ3v) is 24.0. The number of rotatable bonds is 22. The van der Waals surface area contributed by atoms with Gasteiger partial charge in [-0.1, -0.05) is 39.3 Å². The van der Waals surface area contributed by atoms with Crippen LogP contribution in [0, 0.1) is 46.3 Å². The summed E-state index contributed by atoms with van der Waals surface area (Å²) in [6, 6.07) is 0. The van der Waals surface area contributed by atoms with E-state index in [-0.39, 0.29) is 41.3 Å². The summed E-state index contributed by atoms with van der Waals surface area (Å²) in [5.74, 6) is 0.396. The summed E-state index contributed by atoms with van der Waals surface area (Å²) >= 11 is 0. The lowest BCUT2D eigenvalue weighted by molar-refractivity contribution is -0.397. The normalized spacial score (nSPS) is 54.3. The van der Waals surface area contributed by atoms with Crippen molar-refractivity contribution >= 4 is 0 Å². The minimum atomic E-state index is -2.14. The summed E-state index contributed by atoms with van der Waals surface area (Å²) < 4.78 is 84.7. The maximum absolute atomic E-state index is 12.5. The van der Waals surface area contributed by atoms with E-state index in [9.17, 15) is 97.0 Å². The highest BCUT2D eigenvalue weighted by Crippen LogP contribution is 2.70. The largest absolute Gasteiger partial charge is 0.394 e. The molecule has 0 bridgehead atoms. The van der Waals surface area contributed by atoms with Crippen molar-refractivity contribution in [1.82, 2.24) is 0 Å². The van der Waals surface area contributed by atoms with Crippen molar-refractivity contribution in [3.63, 3.8) is 0 Å². The second-order valence-electron chi connectivity index (χ2n) is 29.7. The van der Waals surface area contributed by atoms with Crippen molar-refractivity contribution in [2.45, 2.75) is 295 Å². The van der Waals surface area contributed by atoms with E-state index in [0.717, 1.165) is 25.7 Å². The highest BCUT2D eigenvalue weighted by Gasteiger charge is 2.69. The molecule has 560 valence electrons. The third kappa shape index (κ3) is 14.3. The van der Waals surface area contributed by atoms with E-state index in [1.165, 1.54) is 12.5 Å². The molecule has 33 nitrogen and oxygen atoms in total. The van der Waals surface area contributed by atoms with Crippen molar-refractivity contribution in [3.05, 3.63) is 11.6 Å². The van der Waals surface area contributed by atoms with Crippen molar-refractivity contribution in [3.8, 4) is 0 Å². The van der Waals surface area contributed by atoms with Crippen LogP contribution >= 0.6 is 0 Å². The summed E-state index contributed by atoms with van der Waals surface area (Å²) in [6.45, 7) is 6.63. The molecule has 1 unspecified atom stereocenters. The maximum Gasteiger partial charge on any atom is 0.187 e. The maximum atomic E-state index is 12.5. The van der Waals surface area contributed by atoms with Crippen molar-refractivity contribution in [2.24, 2.45) is 46.3 Å². The molecule has 4 aliphatic carbocycles. The van der Waals surface area contributed by atoms with Crippen molar-refractivity contribution in [1.29, 1.82) is 0 Å². The summed E-state index contributed by atoms with van der Waals surface area (Å²) in [7, 11) is 1.69. The molecule has 0 aromatic heterocycles. The Hall–Kier alpha value is -1.58. The summed E-state index contributed by atoms with van der Waals surface area (Å²) in [5, 5.41) is 204. The number of ether oxygens (including phenoxy) is 14. The Balaban J connectivity index is 0.750. The van der Waals surface area contributed by atoms with Crippen LogP contribution in [0.5, 0.6) is 0 Å². The van der Waals surface area contributed by atoms with Gasteiger partial charge in [-0.3, -0.25) is 0 Å². The first kappa shape index (κ1) is 76.5. The lowest BCUT2D eigenvalue weighted by atomic mass is 9.47. The Morgan fingerprint density at radius 2 is 1.02 bits per heavy atom. The van der Waals surface area contributed by atoms with Crippen LogP contribution < -0.4 is 0 Å². The monoisotopic (exact) mass is 1400 g/mol. The van der Waals surface area contributed by atoms with Crippen molar-refractivity contribution in [2.75, 3.05) is 46.8 Å². The van der Waals surface area contributed by atoms with Gasteiger partial charge in [-0.05, 0) is 98.7 Å². The van der Waals surface area contributed by atoms with Gasteiger partial charge < -0.3 is 163 Å². The summed E-state index contributed by atoms with van der Waals surface area (Å²) in [5.41, 5.74) is 0.916. The Bertz CT molecular complexity index is 2580. The fourth-order valence-corrected chi connectivity index (χ4v) is 18.2. The number of methoxy groups -OCH3 is 1. The molecule has 0 amide bonds. The SMILES string of the molecule is CO[C@]1(CC[C@@H](C)CO[C@@H]2O[C@H](CO)[C@@H](O)[C@H](O)[C@H]2O)O[C@H]2C[C@H]3[C@@H]4CC=C5C[C@@H](O[C@@H]6O[C@H](CO)[C@@H](O[C@@H]7O[C@H](CO)[C@@H](O)[C@H](O[C@@H]8O[C@H](CO[C@@H]9O[C@H](CO)[C@@H](O)[C@H](O)[C@H]9O)[C@@H](O)[C@H](O)[C@H]8O)[C@H]7O)[C@H](O)[C@H]6O[C@@H]6O[C@@H](C)[C@H](O)[C@@H](O)[C@H]6O)CC[C@]5(C)[C@H]4CC[C@]3(C)C2[C@@H]1C. The van der Waals surface area contributed by atoms with Gasteiger partial charge in [-0.15, -0.1) is 0 Å². The zero-order valence-corrected chi connectivity index (χ0v) is 55.3. The van der Waals surface area contributed by atoms with Gasteiger partial charge in [0.1, 0.15) is 140 Å². The van der Waals surface area contributed by atoms with Gasteiger partial charge in [0, 0.05) is 19.4 Å². The first-order valence-electron chi connectivity index (χ1n) is 34.3. The Kier molecular flexibility index (Phi) is 24.3. The van der Waals surface area contributed by atoms with Crippen LogP contribution in [-0.2, 0) is 66.3 Å². The first-order valence-corrected chi connectivity index (χ1v) is 34.3. The number of allylic oxidation sites excluding steroid dienone is 1. The second kappa shape index (κ2) is 30.9. The van der Waals surface area contributed by atoms with Crippen LogP contribution in [0.25, 0.3) is 0 Å². The van der Waals surface area contributed by atoms with E-state index in [1.807, 2.05) is 6.92 Å². The van der Waals surface area contributed by atoms with Crippen LogP contribution in [0.2, 0.25) is 0 Å². The van der Waals surface area contributed by atoms with Crippen LogP contribution in [0.3, 0.4) is 0 Å². The van der Waals surface area contributed by atoms with Gasteiger partial charge in [-0.25, -0.2) is 0 Å². The van der Waals surface area contributed by atoms with Gasteiger partial charge in [0.25, 0.3) is 0 Å². The van der Waals surface area contributed by atoms with Gasteiger partial charge in [0.05, 0.1) is 58.0 Å². The molecular formula is C64H106O33. The fourth-order valence-electron chi connectivity index (χ4n) is 18.2. The topological polar surface area (TPSA) is 514 Å². The summed E-state index contributed by atoms with van der Waals surface area (Å²) in [4.78, 5) is 0. The van der Waals surface area contributed by atoms with Gasteiger partial charge in [0.2, 0.25) is 0 Å². The number of aliphatic hydroxyl groups is 19. The van der Waals surface area contributed by atoms with E-state index in [0.29, 0.717) is 49.9 Å². The molecule has 7 saturated heterocycles. The lowest BCUT2D eigenvalue weighted by Crippen LogP contribution is -2.68. The molecule has 0 radical (unpaired) electrons. The number of aliphatic hydroxyl groups excluding tert-OH is 19. The zero-order valence-electron chi connectivity index (χ0n) is 55.3. The van der Waals surface area contributed by atoms with Gasteiger partial charge in [-0.2, -0.15) is 0 Å².